The Morgan fingerprint density at radius 1 is 0.523 bits per heavy atom. The van der Waals surface area contributed by atoms with Gasteiger partial charge in [-0.3, -0.25) is 9.59 Å². The lowest BCUT2D eigenvalue weighted by Crippen LogP contribution is -2.65. The molecule has 0 aromatic heterocycles. The molecule has 2 saturated heterocycles. The highest BCUT2D eigenvalue weighted by molar-refractivity contribution is 5.81. The van der Waals surface area contributed by atoms with Gasteiger partial charge in [0, 0.05) is 13.5 Å². The number of hydrogen-bond donors (Lipinski definition) is 1. The zero-order valence-corrected chi connectivity index (χ0v) is 36.7. The number of esters is 1. The summed E-state index contributed by atoms with van der Waals surface area (Å²) >= 11 is 0. The molecule has 13 heteroatoms. The quantitative estimate of drug-likeness (QED) is 0.0684. The molecule has 0 spiro atoms. The van der Waals surface area contributed by atoms with Gasteiger partial charge in [-0.2, -0.15) is 0 Å². The number of benzene rings is 5. The maximum atomic E-state index is 17.1. The maximum absolute atomic E-state index is 17.1. The normalized spacial score (nSPS) is 25.4. The molecule has 0 aliphatic carbocycles. The van der Waals surface area contributed by atoms with Crippen molar-refractivity contribution in [3.8, 4) is 0 Å². The molecule has 2 fully saturated rings. The monoisotopic (exact) mass is 891 g/mol. The first-order valence-electron chi connectivity index (χ1n) is 22.1. The van der Waals surface area contributed by atoms with Gasteiger partial charge in [-0.1, -0.05) is 152 Å². The predicted molar refractivity (Wildman–Crippen MR) is 238 cm³/mol. The van der Waals surface area contributed by atoms with E-state index >= 15 is 4.39 Å². The first-order chi connectivity index (χ1) is 31.8. The second-order valence-corrected chi connectivity index (χ2v) is 16.0. The fraction of sp³-hybridized carbons (Fsp3) is 0.385. The minimum atomic E-state index is -2.05. The number of alkyl halides is 1. The van der Waals surface area contributed by atoms with Gasteiger partial charge < -0.3 is 47.9 Å². The molecule has 2 aliphatic rings. The molecule has 2 heterocycles. The smallest absolute Gasteiger partial charge is 0.306 e. The standard InChI is InChI=1S/C52H58FNO11/c1-36-45(64-44(56)29-28-43(55)54-2)47(59-32-39-22-12-5-13-23-39)50(61-34-41-26-16-7-17-27-41)52(62-36)65-49-48(60-33-40-24-14-6-15-25-40)46(58-31-38-20-10-4-11-21-38)42(63-51(49)53)35-57-30-37-18-8-3-9-19-37/h3-27,36,42,45-52H,28-35H2,1-2H3,(H,54,55)/t36?,42?,45-,46+,47+,48-,49+,50?,51?,52+/m1/s1. The third-order valence-electron chi connectivity index (χ3n) is 11.2. The Bertz CT molecular complexity index is 2140. The summed E-state index contributed by atoms with van der Waals surface area (Å²) in [6.45, 7) is 2.46. The van der Waals surface area contributed by atoms with Gasteiger partial charge in [0.05, 0.1) is 52.2 Å². The van der Waals surface area contributed by atoms with E-state index in [1.165, 1.54) is 7.05 Å². The number of hydrogen-bond acceptors (Lipinski definition) is 11. The van der Waals surface area contributed by atoms with Gasteiger partial charge >= 0.3 is 5.97 Å². The van der Waals surface area contributed by atoms with Crippen LogP contribution in [-0.2, 0) is 85.3 Å². The third-order valence-corrected chi connectivity index (χ3v) is 11.2. The summed E-state index contributed by atoms with van der Waals surface area (Å²) in [5.74, 6) is -0.929. The molecular formula is C52H58FNO11. The Kier molecular flexibility index (Phi) is 18.2. The van der Waals surface area contributed by atoms with E-state index < -0.39 is 67.4 Å². The fourth-order valence-corrected chi connectivity index (χ4v) is 7.79. The second-order valence-electron chi connectivity index (χ2n) is 16.0. The van der Waals surface area contributed by atoms with E-state index in [-0.39, 0.29) is 58.4 Å². The van der Waals surface area contributed by atoms with Crippen LogP contribution >= 0.6 is 0 Å². The Hall–Kier alpha value is -5.35. The first-order valence-corrected chi connectivity index (χ1v) is 22.1. The van der Waals surface area contributed by atoms with Crippen molar-refractivity contribution < 1.29 is 56.6 Å². The van der Waals surface area contributed by atoms with Crippen molar-refractivity contribution in [2.75, 3.05) is 13.7 Å². The maximum Gasteiger partial charge on any atom is 0.306 e. The van der Waals surface area contributed by atoms with Gasteiger partial charge in [-0.15, -0.1) is 0 Å². The van der Waals surface area contributed by atoms with Crippen LogP contribution < -0.4 is 5.32 Å². The van der Waals surface area contributed by atoms with Crippen LogP contribution in [0.4, 0.5) is 4.39 Å². The van der Waals surface area contributed by atoms with Crippen LogP contribution in [0.1, 0.15) is 47.6 Å². The summed E-state index contributed by atoms with van der Waals surface area (Å²) in [6, 6.07) is 47.9. The van der Waals surface area contributed by atoms with Gasteiger partial charge in [-0.05, 0) is 34.7 Å². The van der Waals surface area contributed by atoms with Crippen LogP contribution in [0, 0.1) is 0 Å². The van der Waals surface area contributed by atoms with Crippen molar-refractivity contribution in [3.05, 3.63) is 179 Å². The van der Waals surface area contributed by atoms with Crippen molar-refractivity contribution in [1.29, 1.82) is 0 Å². The number of carbonyl (C=O) groups excluding carboxylic acids is 2. The lowest BCUT2D eigenvalue weighted by molar-refractivity contribution is -0.365. The van der Waals surface area contributed by atoms with Crippen LogP contribution in [0.15, 0.2) is 152 Å². The molecule has 5 aromatic rings. The van der Waals surface area contributed by atoms with Crippen molar-refractivity contribution in [2.24, 2.45) is 0 Å². The molecule has 65 heavy (non-hydrogen) atoms. The molecule has 344 valence electrons. The lowest BCUT2D eigenvalue weighted by Gasteiger charge is -2.48. The Labute approximate surface area is 380 Å². The van der Waals surface area contributed by atoms with E-state index in [9.17, 15) is 9.59 Å². The zero-order valence-electron chi connectivity index (χ0n) is 36.7. The molecule has 2 aliphatic heterocycles. The molecule has 5 aromatic carbocycles. The summed E-state index contributed by atoms with van der Waals surface area (Å²) < 4.78 is 75.5. The summed E-state index contributed by atoms with van der Waals surface area (Å²) in [4.78, 5) is 25.4. The molecule has 0 saturated carbocycles. The van der Waals surface area contributed by atoms with E-state index in [0.717, 1.165) is 27.8 Å². The average Bonchev–Trinajstić information content (AvgIpc) is 3.34. The van der Waals surface area contributed by atoms with Crippen molar-refractivity contribution in [1.82, 2.24) is 5.32 Å². The number of amides is 1. The number of rotatable bonds is 22. The molecule has 7 rings (SSSR count). The lowest BCUT2D eigenvalue weighted by atomic mass is 9.96. The van der Waals surface area contributed by atoms with Crippen molar-refractivity contribution in [3.63, 3.8) is 0 Å². The van der Waals surface area contributed by atoms with Gasteiger partial charge in [0.25, 0.3) is 0 Å². The van der Waals surface area contributed by atoms with E-state index in [1.807, 2.05) is 152 Å². The highest BCUT2D eigenvalue weighted by Gasteiger charge is 2.54. The molecule has 12 nitrogen and oxygen atoms in total. The van der Waals surface area contributed by atoms with Gasteiger partial charge in [0.2, 0.25) is 12.3 Å². The Balaban J connectivity index is 1.21. The van der Waals surface area contributed by atoms with Crippen LogP contribution in [0.3, 0.4) is 0 Å². The highest BCUT2D eigenvalue weighted by Crippen LogP contribution is 2.36. The van der Waals surface area contributed by atoms with Gasteiger partial charge in [-0.25, -0.2) is 4.39 Å². The average molecular weight is 892 g/mol. The molecule has 0 radical (unpaired) electrons. The highest BCUT2D eigenvalue weighted by atomic mass is 19.1. The predicted octanol–water partition coefficient (Wildman–Crippen LogP) is 7.81. The van der Waals surface area contributed by atoms with E-state index in [1.54, 1.807) is 6.92 Å². The number of halogens is 1. The van der Waals surface area contributed by atoms with Crippen LogP contribution in [-0.4, -0.2) is 87.0 Å². The van der Waals surface area contributed by atoms with E-state index in [0.29, 0.717) is 0 Å². The fourth-order valence-electron chi connectivity index (χ4n) is 7.79. The minimum Gasteiger partial charge on any atom is -0.457 e. The van der Waals surface area contributed by atoms with E-state index in [4.69, 9.17) is 42.6 Å². The molecule has 1 N–H and O–H groups in total. The van der Waals surface area contributed by atoms with Crippen LogP contribution in [0.25, 0.3) is 0 Å². The Morgan fingerprint density at radius 2 is 0.938 bits per heavy atom. The molecule has 1 amide bonds. The third kappa shape index (κ3) is 14.1. The molecule has 0 bridgehead atoms. The number of ether oxygens (including phenoxy) is 9. The van der Waals surface area contributed by atoms with Gasteiger partial charge in [0.1, 0.15) is 36.6 Å². The zero-order chi connectivity index (χ0) is 45.2. The largest absolute Gasteiger partial charge is 0.457 e. The molecule has 4 unspecified atom stereocenters. The Morgan fingerprint density at radius 3 is 1.40 bits per heavy atom. The summed E-state index contributed by atoms with van der Waals surface area (Å²) in [7, 11) is 1.50. The topological polar surface area (TPSA) is 129 Å². The molecular weight excluding hydrogens is 834 g/mol. The second kappa shape index (κ2) is 24.8. The van der Waals surface area contributed by atoms with E-state index in [2.05, 4.69) is 5.32 Å². The van der Waals surface area contributed by atoms with Gasteiger partial charge in [0.15, 0.2) is 12.4 Å². The van der Waals surface area contributed by atoms with Crippen molar-refractivity contribution >= 4 is 11.9 Å². The van der Waals surface area contributed by atoms with Crippen LogP contribution in [0.5, 0.6) is 0 Å². The number of carbonyl (C=O) groups is 2. The van der Waals surface area contributed by atoms with Crippen LogP contribution in [0.2, 0.25) is 0 Å². The SMILES string of the molecule is CNC(=O)CCC(=O)O[C@@H]1C(C)O[C@@H](O[C@@H]2C(F)OC(COCc3ccccc3)[C@H](OCc3ccccc3)[C@H]2OCc2ccccc2)C(OCc2ccccc2)[C@H]1OCc1ccccc1. The summed E-state index contributed by atoms with van der Waals surface area (Å²) in [5, 5.41) is 2.53. The minimum absolute atomic E-state index is 0.00513. The number of nitrogens with one attached hydrogen (secondary N) is 1. The summed E-state index contributed by atoms with van der Waals surface area (Å²) in [5.41, 5.74) is 4.39. The summed E-state index contributed by atoms with van der Waals surface area (Å²) in [6.07, 6.45) is -11.8. The van der Waals surface area contributed by atoms with Crippen molar-refractivity contribution in [2.45, 2.75) is 114 Å². The first kappa shape index (κ1) is 47.6. The molecule has 10 atom stereocenters.